The van der Waals surface area contributed by atoms with Gasteiger partial charge in [-0.1, -0.05) is 30.7 Å². The van der Waals surface area contributed by atoms with Crippen LogP contribution in [-0.2, 0) is 11.2 Å². The van der Waals surface area contributed by atoms with Crippen molar-refractivity contribution in [3.05, 3.63) is 41.6 Å². The van der Waals surface area contributed by atoms with Gasteiger partial charge in [0.05, 0.1) is 0 Å². The molecule has 0 saturated carbocycles. The van der Waals surface area contributed by atoms with Gasteiger partial charge in [-0.25, -0.2) is 0 Å². The minimum absolute atomic E-state index is 0.250. The van der Waals surface area contributed by atoms with E-state index in [1.807, 2.05) is 12.1 Å². The molecule has 0 radical (unpaired) electrons. The Hall–Kier alpha value is -2.58. The maximum absolute atomic E-state index is 8.58. The van der Waals surface area contributed by atoms with Gasteiger partial charge in [-0.05, 0) is 36.9 Å². The molecule has 23 heavy (non-hydrogen) atoms. The van der Waals surface area contributed by atoms with Crippen molar-refractivity contribution in [2.75, 3.05) is 6.54 Å². The maximum atomic E-state index is 8.58. The highest BCUT2D eigenvalue weighted by Gasteiger charge is 2.13. The van der Waals surface area contributed by atoms with Crippen LogP contribution in [0.15, 0.2) is 30.5 Å². The molecule has 1 aliphatic rings. The quantitative estimate of drug-likeness (QED) is 0.386. The van der Waals surface area contributed by atoms with Gasteiger partial charge >= 0.3 is 0 Å². The number of primary amides is 1. The Kier molecular flexibility index (Phi) is 11.6. The Bertz CT molecular complexity index is 517. The minimum atomic E-state index is 0.250. The highest BCUT2D eigenvalue weighted by Crippen LogP contribution is 2.17. The lowest BCUT2D eigenvalue weighted by Crippen LogP contribution is -2.35. The number of allylic oxidation sites excluding steroid dienone is 1. The first-order valence-electron chi connectivity index (χ1n) is 7.49. The average molecular weight is 314 g/mol. The fourth-order valence-corrected chi connectivity index (χ4v) is 2.49. The van der Waals surface area contributed by atoms with Crippen molar-refractivity contribution in [2.45, 2.75) is 31.7 Å². The maximum Gasteiger partial charge on any atom is 0.204 e. The molecule has 2 rings (SSSR count). The van der Waals surface area contributed by atoms with Crippen LogP contribution >= 0.6 is 0 Å². The van der Waals surface area contributed by atoms with Crippen molar-refractivity contribution < 1.29 is 4.79 Å². The second-order valence-electron chi connectivity index (χ2n) is 4.95. The van der Waals surface area contributed by atoms with E-state index in [1.54, 1.807) is 0 Å². The number of carbonyl (C=O) groups excluding carboxylic acids is 1. The first-order chi connectivity index (χ1) is 11.2. The topological polar surface area (TPSA) is 105 Å². The molecule has 1 aromatic carbocycles. The molecule has 1 fully saturated rings. The predicted octanol–water partition coefficient (Wildman–Crippen LogP) is 1.67. The molecule has 5 nitrogen and oxygen atoms in total. The van der Waals surface area contributed by atoms with Crippen LogP contribution in [-0.4, -0.2) is 25.2 Å². The van der Waals surface area contributed by atoms with Gasteiger partial charge in [0.25, 0.3) is 0 Å². The molecule has 1 atom stereocenters. The molecule has 0 bridgehead atoms. The van der Waals surface area contributed by atoms with E-state index in [4.69, 9.17) is 15.9 Å². The molecule has 124 valence electrons. The fourth-order valence-electron chi connectivity index (χ4n) is 2.49. The lowest BCUT2D eigenvalue weighted by Gasteiger charge is -2.23. The third-order valence-electron chi connectivity index (χ3n) is 3.49. The summed E-state index contributed by atoms with van der Waals surface area (Å²) in [5.74, 6) is 0. The van der Waals surface area contributed by atoms with Crippen LogP contribution in [0.3, 0.4) is 0 Å². The van der Waals surface area contributed by atoms with Crippen LogP contribution in [0.2, 0.25) is 0 Å². The third-order valence-corrected chi connectivity index (χ3v) is 3.49. The molecule has 0 aliphatic carbocycles. The normalized spacial score (nSPS) is 16.8. The predicted molar refractivity (Wildman–Crippen MR) is 96.9 cm³/mol. The molecule has 6 N–H and O–H groups in total. The van der Waals surface area contributed by atoms with E-state index in [9.17, 15) is 0 Å². The smallest absolute Gasteiger partial charge is 0.204 e. The van der Waals surface area contributed by atoms with Crippen LogP contribution in [0, 0.1) is 18.3 Å². The zero-order valence-corrected chi connectivity index (χ0v) is 13.4. The van der Waals surface area contributed by atoms with E-state index >= 15 is 0 Å². The van der Waals surface area contributed by atoms with Gasteiger partial charge in [-0.2, -0.15) is 0 Å². The summed E-state index contributed by atoms with van der Waals surface area (Å²) in [7, 11) is 0. The summed E-state index contributed by atoms with van der Waals surface area (Å²) < 4.78 is 0. The number of hydrogen-bond donors (Lipinski definition) is 4. The van der Waals surface area contributed by atoms with Gasteiger partial charge in [-0.15, -0.1) is 12.8 Å². The zero-order chi connectivity index (χ0) is 17.5. The summed E-state index contributed by atoms with van der Waals surface area (Å²) in [6, 6.07) is 8.93. The second-order valence-corrected chi connectivity index (χ2v) is 4.95. The van der Waals surface area contributed by atoms with Gasteiger partial charge in [-0.3, -0.25) is 4.79 Å². The standard InChI is InChI=1S/C15H21N3.C2H2.CH3NO/c16-10-14(11-17)13-5-3-4-12(8-13)9-15-6-1-2-7-18-15;1-2;2-1-3/h3-5,8,10-11,15-16,18H,1-2,6-7,9,17H2;1-2H;1H,(H2,2,3)/b14-11+,16-10?;;/t15-;;/m0../s1. The third kappa shape index (κ3) is 7.84. The molecule has 1 aromatic rings. The summed E-state index contributed by atoms with van der Waals surface area (Å²) in [5, 5.41) is 10.9. The molecular weight excluding hydrogens is 288 g/mol. The van der Waals surface area contributed by atoms with Crippen LogP contribution in [0.5, 0.6) is 0 Å². The summed E-state index contributed by atoms with van der Waals surface area (Å²) in [6.07, 6.45) is 16.0. The van der Waals surface area contributed by atoms with E-state index in [0.29, 0.717) is 6.04 Å². The Labute approximate surface area is 138 Å². The van der Waals surface area contributed by atoms with Gasteiger partial charge in [0, 0.05) is 24.0 Å². The first-order valence-corrected chi connectivity index (χ1v) is 7.49. The van der Waals surface area contributed by atoms with Crippen molar-refractivity contribution in [2.24, 2.45) is 11.5 Å². The van der Waals surface area contributed by atoms with Crippen LogP contribution in [0.25, 0.3) is 5.57 Å². The van der Waals surface area contributed by atoms with Crippen LogP contribution < -0.4 is 16.8 Å². The highest BCUT2D eigenvalue weighted by atomic mass is 16.1. The Morgan fingerprint density at radius 1 is 1.35 bits per heavy atom. The number of rotatable bonds is 4. The van der Waals surface area contributed by atoms with E-state index in [1.165, 1.54) is 37.2 Å². The number of amides is 1. The van der Waals surface area contributed by atoms with Crippen LogP contribution in [0.4, 0.5) is 0 Å². The number of carbonyl (C=O) groups is 1. The number of hydrogen-bond acceptors (Lipinski definition) is 4. The summed E-state index contributed by atoms with van der Waals surface area (Å²) in [6.45, 7) is 1.14. The highest BCUT2D eigenvalue weighted by molar-refractivity contribution is 6.08. The van der Waals surface area contributed by atoms with E-state index in [-0.39, 0.29) is 6.41 Å². The van der Waals surface area contributed by atoms with Crippen LogP contribution in [0.1, 0.15) is 30.4 Å². The lowest BCUT2D eigenvalue weighted by atomic mass is 9.96. The molecule has 1 saturated heterocycles. The Morgan fingerprint density at radius 2 is 2.04 bits per heavy atom. The van der Waals surface area contributed by atoms with E-state index in [0.717, 1.165) is 24.1 Å². The van der Waals surface area contributed by atoms with Gasteiger partial charge in [0.1, 0.15) is 0 Å². The second kappa shape index (κ2) is 13.1. The van der Waals surface area contributed by atoms with E-state index in [2.05, 4.69) is 36.0 Å². The van der Waals surface area contributed by atoms with Gasteiger partial charge < -0.3 is 22.2 Å². The summed E-state index contributed by atoms with van der Waals surface area (Å²) in [4.78, 5) is 8.58. The Morgan fingerprint density at radius 3 is 2.57 bits per heavy atom. The monoisotopic (exact) mass is 314 g/mol. The number of nitrogens with one attached hydrogen (secondary N) is 2. The molecule has 5 heteroatoms. The molecular formula is C18H26N4O. The fraction of sp³-hybridized carbons (Fsp3) is 0.333. The van der Waals surface area contributed by atoms with Crippen molar-refractivity contribution in [3.8, 4) is 12.8 Å². The minimum Gasteiger partial charge on any atom is -0.404 e. The summed E-state index contributed by atoms with van der Waals surface area (Å²) in [5.41, 5.74) is 12.8. The van der Waals surface area contributed by atoms with E-state index < -0.39 is 0 Å². The zero-order valence-electron chi connectivity index (χ0n) is 13.4. The van der Waals surface area contributed by atoms with Gasteiger partial charge in [0.2, 0.25) is 6.41 Å². The average Bonchev–Trinajstić information content (AvgIpc) is 2.60. The molecule has 0 unspecified atom stereocenters. The number of nitrogens with two attached hydrogens (primary N) is 2. The lowest BCUT2D eigenvalue weighted by molar-refractivity contribution is -0.106. The molecule has 1 aliphatic heterocycles. The van der Waals surface area contributed by atoms with Gasteiger partial charge in [0.15, 0.2) is 0 Å². The Balaban J connectivity index is 0.000000868. The first kappa shape index (κ1) is 20.4. The molecule has 0 spiro atoms. The number of benzene rings is 1. The van der Waals surface area contributed by atoms with Crippen molar-refractivity contribution >= 4 is 18.2 Å². The van der Waals surface area contributed by atoms with Crippen molar-refractivity contribution in [1.29, 1.82) is 5.41 Å². The molecule has 1 heterocycles. The molecule has 0 aromatic heterocycles. The number of terminal acetylenes is 1. The van der Waals surface area contributed by atoms with Crippen molar-refractivity contribution in [3.63, 3.8) is 0 Å². The molecule has 1 amide bonds. The van der Waals surface area contributed by atoms with Crippen molar-refractivity contribution in [1.82, 2.24) is 5.32 Å². The largest absolute Gasteiger partial charge is 0.404 e. The SMILES string of the molecule is C#C.N=C/C(=C\N)c1cccc(C[C@@H]2CCCCN2)c1.NC=O. The summed E-state index contributed by atoms with van der Waals surface area (Å²) >= 11 is 0. The number of piperidine rings is 1.